The summed E-state index contributed by atoms with van der Waals surface area (Å²) < 4.78 is 0. The van der Waals surface area contributed by atoms with Gasteiger partial charge in [-0.05, 0) is 162 Å². The van der Waals surface area contributed by atoms with Crippen LogP contribution in [0.1, 0.15) is 156 Å². The lowest BCUT2D eigenvalue weighted by molar-refractivity contribution is -0.174. The smallest absolute Gasteiger partial charge is 0.222 e. The number of aliphatic hydroxyl groups excluding tert-OH is 2. The third-order valence-corrected chi connectivity index (χ3v) is 15.6. The minimum absolute atomic E-state index is 0.155. The van der Waals surface area contributed by atoms with Gasteiger partial charge in [0.2, 0.25) is 11.8 Å². The Morgan fingerprint density at radius 2 is 1.26 bits per heavy atom. The molecule has 0 spiro atoms. The SMILES string of the molecule is CCC=CCC=CCC=CCC=CCC=CCC=CCCC(=O)N1CCC(NC(=O)CCC(C)C2CCC3C4C(O)CC5CC(O)CCC5(C)C4CCC23C)CC1. The van der Waals surface area contributed by atoms with Crippen LogP contribution in [0.15, 0.2) is 72.9 Å². The van der Waals surface area contributed by atoms with Crippen LogP contribution < -0.4 is 5.32 Å². The summed E-state index contributed by atoms with van der Waals surface area (Å²) in [7, 11) is 0. The summed E-state index contributed by atoms with van der Waals surface area (Å²) in [6, 6.07) is 0.155. The second-order valence-electron chi connectivity index (χ2n) is 19.1. The Kier molecular flexibility index (Phi) is 18.0. The Balaban J connectivity index is 0.915. The van der Waals surface area contributed by atoms with Crippen LogP contribution in [0.25, 0.3) is 0 Å². The van der Waals surface area contributed by atoms with Gasteiger partial charge in [-0.2, -0.15) is 0 Å². The minimum Gasteiger partial charge on any atom is -0.393 e. The Morgan fingerprint density at radius 1 is 0.702 bits per heavy atom. The van der Waals surface area contributed by atoms with Crippen molar-refractivity contribution in [1.82, 2.24) is 10.2 Å². The molecule has 6 heteroatoms. The molecule has 5 fully saturated rings. The lowest BCUT2D eigenvalue weighted by Crippen LogP contribution is -2.58. The number of likely N-dealkylation sites (tertiary alicyclic amines) is 1. The van der Waals surface area contributed by atoms with Crippen molar-refractivity contribution >= 4 is 11.8 Å². The number of allylic oxidation sites excluding steroid dienone is 12. The fraction of sp³-hybridized carbons (Fsp3) is 0.725. The highest BCUT2D eigenvalue weighted by atomic mass is 16.3. The number of nitrogens with one attached hydrogen (secondary N) is 1. The van der Waals surface area contributed by atoms with Crippen molar-refractivity contribution in [1.29, 1.82) is 0 Å². The molecular weight excluding hydrogens is 705 g/mol. The molecule has 2 amide bonds. The zero-order valence-electron chi connectivity index (χ0n) is 36.3. The maximum Gasteiger partial charge on any atom is 0.222 e. The molecule has 1 saturated heterocycles. The van der Waals surface area contributed by atoms with Gasteiger partial charge in [0.15, 0.2) is 0 Å². The predicted molar refractivity (Wildman–Crippen MR) is 236 cm³/mol. The summed E-state index contributed by atoms with van der Waals surface area (Å²) in [5, 5.41) is 25.3. The number of fused-ring (bicyclic) bond motifs is 5. The fourth-order valence-corrected chi connectivity index (χ4v) is 12.3. The maximum absolute atomic E-state index is 13.2. The van der Waals surface area contributed by atoms with Crippen LogP contribution in [-0.2, 0) is 9.59 Å². The molecule has 10 atom stereocenters. The van der Waals surface area contributed by atoms with Gasteiger partial charge in [0.1, 0.15) is 0 Å². The highest BCUT2D eigenvalue weighted by Gasteiger charge is 2.62. The molecule has 318 valence electrons. The van der Waals surface area contributed by atoms with Crippen molar-refractivity contribution in [2.75, 3.05) is 13.1 Å². The van der Waals surface area contributed by atoms with E-state index in [4.69, 9.17) is 0 Å². The second kappa shape index (κ2) is 22.6. The van der Waals surface area contributed by atoms with Crippen molar-refractivity contribution in [3.63, 3.8) is 0 Å². The van der Waals surface area contributed by atoms with Gasteiger partial charge < -0.3 is 20.4 Å². The quantitative estimate of drug-likeness (QED) is 0.114. The summed E-state index contributed by atoms with van der Waals surface area (Å²) in [5.41, 5.74) is 0.492. The van der Waals surface area contributed by atoms with E-state index in [0.29, 0.717) is 48.3 Å². The number of amides is 2. The molecule has 6 nitrogen and oxygen atoms in total. The molecule has 4 saturated carbocycles. The van der Waals surface area contributed by atoms with Gasteiger partial charge >= 0.3 is 0 Å². The Hall–Kier alpha value is -2.70. The summed E-state index contributed by atoms with van der Waals surface area (Å²) in [4.78, 5) is 28.0. The van der Waals surface area contributed by atoms with Crippen LogP contribution in [0.4, 0.5) is 0 Å². The number of rotatable bonds is 19. The van der Waals surface area contributed by atoms with E-state index < -0.39 is 0 Å². The number of carbonyl (C=O) groups is 2. The molecule has 0 aromatic rings. The van der Waals surface area contributed by atoms with Gasteiger partial charge in [0.05, 0.1) is 12.2 Å². The van der Waals surface area contributed by atoms with Gasteiger partial charge in [-0.1, -0.05) is 101 Å². The largest absolute Gasteiger partial charge is 0.393 e. The van der Waals surface area contributed by atoms with Crippen LogP contribution >= 0.6 is 0 Å². The third-order valence-electron chi connectivity index (χ3n) is 15.6. The van der Waals surface area contributed by atoms with E-state index in [9.17, 15) is 19.8 Å². The average molecular weight is 785 g/mol. The zero-order valence-corrected chi connectivity index (χ0v) is 36.3. The molecule has 5 rings (SSSR count). The van der Waals surface area contributed by atoms with Gasteiger partial charge in [-0.3, -0.25) is 9.59 Å². The summed E-state index contributed by atoms with van der Waals surface area (Å²) in [6.07, 6.45) is 44.9. The monoisotopic (exact) mass is 785 g/mol. The Bertz CT molecular complexity index is 1440. The highest BCUT2D eigenvalue weighted by molar-refractivity contribution is 5.77. The molecule has 57 heavy (non-hydrogen) atoms. The molecule has 4 aliphatic carbocycles. The van der Waals surface area contributed by atoms with E-state index in [2.05, 4.69) is 106 Å². The maximum atomic E-state index is 13.2. The minimum atomic E-state index is -0.243. The molecular formula is C51H80N2O4. The molecule has 0 aromatic heterocycles. The van der Waals surface area contributed by atoms with Crippen molar-refractivity contribution < 1.29 is 19.8 Å². The first-order valence-corrected chi connectivity index (χ1v) is 23.4. The molecule has 10 unspecified atom stereocenters. The van der Waals surface area contributed by atoms with Gasteiger partial charge in [-0.25, -0.2) is 0 Å². The molecule has 0 aromatic carbocycles. The molecule has 0 bridgehead atoms. The van der Waals surface area contributed by atoms with Crippen LogP contribution in [0.3, 0.4) is 0 Å². The fourth-order valence-electron chi connectivity index (χ4n) is 12.3. The van der Waals surface area contributed by atoms with Crippen molar-refractivity contribution in [3.8, 4) is 0 Å². The number of nitrogens with zero attached hydrogens (tertiary/aromatic N) is 1. The van der Waals surface area contributed by atoms with Gasteiger partial charge in [0, 0.05) is 32.0 Å². The summed E-state index contributed by atoms with van der Waals surface area (Å²) in [6.45, 7) is 11.0. The second-order valence-corrected chi connectivity index (χ2v) is 19.1. The van der Waals surface area contributed by atoms with Crippen molar-refractivity contribution in [3.05, 3.63) is 72.9 Å². The van der Waals surface area contributed by atoms with E-state index in [1.165, 1.54) is 25.7 Å². The molecule has 1 aliphatic heterocycles. The summed E-state index contributed by atoms with van der Waals surface area (Å²) in [5.74, 6) is 3.43. The lowest BCUT2D eigenvalue weighted by Gasteiger charge is -2.62. The number of carbonyl (C=O) groups excluding carboxylic acids is 2. The first kappa shape index (κ1) is 45.4. The van der Waals surface area contributed by atoms with E-state index in [0.717, 1.165) is 103 Å². The van der Waals surface area contributed by atoms with Crippen LogP contribution in [0, 0.1) is 46.3 Å². The molecule has 5 aliphatic rings. The van der Waals surface area contributed by atoms with Crippen LogP contribution in [-0.4, -0.2) is 58.3 Å². The number of hydrogen-bond donors (Lipinski definition) is 3. The Labute approximate surface area is 347 Å². The van der Waals surface area contributed by atoms with Crippen LogP contribution in [0.5, 0.6) is 0 Å². The first-order valence-electron chi connectivity index (χ1n) is 23.4. The van der Waals surface area contributed by atoms with Crippen molar-refractivity contribution in [2.45, 2.75) is 174 Å². The average Bonchev–Trinajstić information content (AvgIpc) is 3.56. The first-order chi connectivity index (χ1) is 27.6. The highest BCUT2D eigenvalue weighted by Crippen LogP contribution is 2.68. The number of aliphatic hydroxyl groups is 2. The molecule has 1 heterocycles. The van der Waals surface area contributed by atoms with E-state index >= 15 is 0 Å². The number of hydrogen-bond acceptors (Lipinski definition) is 4. The number of piperidine rings is 1. The van der Waals surface area contributed by atoms with Gasteiger partial charge in [-0.15, -0.1) is 0 Å². The topological polar surface area (TPSA) is 89.9 Å². The van der Waals surface area contributed by atoms with E-state index in [1.807, 2.05) is 4.90 Å². The van der Waals surface area contributed by atoms with Crippen LogP contribution in [0.2, 0.25) is 0 Å². The third kappa shape index (κ3) is 12.4. The van der Waals surface area contributed by atoms with E-state index in [-0.39, 0.29) is 40.9 Å². The zero-order chi connectivity index (χ0) is 40.7. The van der Waals surface area contributed by atoms with Gasteiger partial charge in [0.25, 0.3) is 0 Å². The standard InChI is InChI=1S/C51H80N2O4/c1-5-6-7-8-9-10-11-12-13-14-15-16-17-18-19-20-21-22-23-24-48(57)53-35-31-41(32-36-53)52-47(56)28-25-39(2)43-26-27-44-49-45(30-34-51(43,44)4)50(3)33-29-42(54)37-40(50)38-46(49)55/h6-7,9-10,12-13,15-16,18-19,21-22,39-46,49,54-55H,5,8,11,14,17,20,23-38H2,1-4H3,(H,52,56). The lowest BCUT2D eigenvalue weighted by atomic mass is 9.43. The van der Waals surface area contributed by atoms with Crippen molar-refractivity contribution in [2.24, 2.45) is 46.3 Å². The molecule has 0 radical (unpaired) electrons. The summed E-state index contributed by atoms with van der Waals surface area (Å²) >= 11 is 0. The normalized spacial score (nSPS) is 34.2. The van der Waals surface area contributed by atoms with E-state index in [1.54, 1.807) is 0 Å². The predicted octanol–water partition coefficient (Wildman–Crippen LogP) is 11.0. The Morgan fingerprint density at radius 3 is 1.88 bits per heavy atom. The molecule has 3 N–H and O–H groups in total.